The van der Waals surface area contributed by atoms with E-state index in [1.807, 2.05) is 6.92 Å². The predicted molar refractivity (Wildman–Crippen MR) is 82.9 cm³/mol. The standard InChI is InChI=1S/C16H22N4/c1-12-14-8-2-3-9-15(14)16(19-18-12)20(11-5-10-17)13-6-4-7-13/h2-3,8-9,13H,4-7,10-11,17H2,1H3. The molecular formula is C16H22N4. The Hall–Kier alpha value is -1.68. The Bertz CT molecular complexity index is 592. The predicted octanol–water partition coefficient (Wildman–Crippen LogP) is 2.65. The molecule has 20 heavy (non-hydrogen) atoms. The van der Waals surface area contributed by atoms with E-state index in [4.69, 9.17) is 5.73 Å². The van der Waals surface area contributed by atoms with Crippen molar-refractivity contribution in [2.45, 2.75) is 38.6 Å². The van der Waals surface area contributed by atoms with Crippen molar-refractivity contribution in [2.75, 3.05) is 18.0 Å². The van der Waals surface area contributed by atoms with E-state index >= 15 is 0 Å². The Morgan fingerprint density at radius 1 is 1.20 bits per heavy atom. The van der Waals surface area contributed by atoms with Gasteiger partial charge in [-0.05, 0) is 39.2 Å². The van der Waals surface area contributed by atoms with Crippen molar-refractivity contribution in [2.24, 2.45) is 5.73 Å². The van der Waals surface area contributed by atoms with Crippen molar-refractivity contribution in [3.8, 4) is 0 Å². The molecule has 3 rings (SSSR count). The molecule has 2 aromatic rings. The normalized spacial score (nSPS) is 15.3. The summed E-state index contributed by atoms with van der Waals surface area (Å²) in [6.45, 7) is 3.72. The molecule has 1 aromatic heterocycles. The summed E-state index contributed by atoms with van der Waals surface area (Å²) in [6.07, 6.45) is 4.84. The molecular weight excluding hydrogens is 248 g/mol. The van der Waals surface area contributed by atoms with Crippen molar-refractivity contribution in [1.82, 2.24) is 10.2 Å². The highest BCUT2D eigenvalue weighted by Gasteiger charge is 2.27. The Labute approximate surface area is 120 Å². The number of anilines is 1. The smallest absolute Gasteiger partial charge is 0.159 e. The molecule has 1 aliphatic rings. The largest absolute Gasteiger partial charge is 0.352 e. The van der Waals surface area contributed by atoms with Crippen LogP contribution in [-0.4, -0.2) is 29.3 Å². The van der Waals surface area contributed by atoms with Crippen LogP contribution < -0.4 is 10.6 Å². The van der Waals surface area contributed by atoms with Gasteiger partial charge in [0, 0.05) is 23.4 Å². The third-order valence-electron chi connectivity index (χ3n) is 4.24. The van der Waals surface area contributed by atoms with Crippen molar-refractivity contribution < 1.29 is 0 Å². The molecule has 2 N–H and O–H groups in total. The Morgan fingerprint density at radius 3 is 2.60 bits per heavy atom. The topological polar surface area (TPSA) is 55.0 Å². The fourth-order valence-electron chi connectivity index (χ4n) is 2.86. The van der Waals surface area contributed by atoms with Crippen molar-refractivity contribution >= 4 is 16.6 Å². The van der Waals surface area contributed by atoms with E-state index in [0.717, 1.165) is 31.0 Å². The van der Waals surface area contributed by atoms with Gasteiger partial charge >= 0.3 is 0 Å². The molecule has 4 nitrogen and oxygen atoms in total. The van der Waals surface area contributed by atoms with Crippen LogP contribution in [0.25, 0.3) is 10.8 Å². The van der Waals surface area contributed by atoms with Crippen molar-refractivity contribution in [1.29, 1.82) is 0 Å². The lowest BCUT2D eigenvalue weighted by atomic mass is 9.91. The highest BCUT2D eigenvalue weighted by atomic mass is 15.3. The minimum atomic E-state index is 0.613. The van der Waals surface area contributed by atoms with Gasteiger partial charge in [-0.15, -0.1) is 5.10 Å². The van der Waals surface area contributed by atoms with Gasteiger partial charge in [-0.2, -0.15) is 5.10 Å². The van der Waals surface area contributed by atoms with E-state index in [0.29, 0.717) is 6.04 Å². The van der Waals surface area contributed by atoms with Gasteiger partial charge < -0.3 is 10.6 Å². The van der Waals surface area contributed by atoms with Crippen LogP contribution >= 0.6 is 0 Å². The number of aryl methyl sites for hydroxylation is 1. The van der Waals surface area contributed by atoms with Crippen LogP contribution in [0.2, 0.25) is 0 Å². The highest BCUT2D eigenvalue weighted by Crippen LogP contribution is 2.33. The third-order valence-corrected chi connectivity index (χ3v) is 4.24. The maximum atomic E-state index is 5.69. The fourth-order valence-corrected chi connectivity index (χ4v) is 2.86. The lowest BCUT2D eigenvalue weighted by Gasteiger charge is -2.38. The second-order valence-corrected chi connectivity index (χ2v) is 5.57. The van der Waals surface area contributed by atoms with Gasteiger partial charge in [0.15, 0.2) is 5.82 Å². The summed E-state index contributed by atoms with van der Waals surface area (Å²) in [6, 6.07) is 9.04. The van der Waals surface area contributed by atoms with Gasteiger partial charge in [0.05, 0.1) is 5.69 Å². The third kappa shape index (κ3) is 2.36. The number of hydrogen-bond donors (Lipinski definition) is 1. The fraction of sp³-hybridized carbons (Fsp3) is 0.500. The zero-order valence-corrected chi connectivity index (χ0v) is 12.0. The van der Waals surface area contributed by atoms with Gasteiger partial charge in [-0.1, -0.05) is 24.3 Å². The highest BCUT2D eigenvalue weighted by molar-refractivity contribution is 5.93. The van der Waals surface area contributed by atoms with Crippen LogP contribution in [0.15, 0.2) is 24.3 Å². The van der Waals surface area contributed by atoms with Gasteiger partial charge in [0.25, 0.3) is 0 Å². The molecule has 106 valence electrons. The van der Waals surface area contributed by atoms with Crippen molar-refractivity contribution in [3.63, 3.8) is 0 Å². The molecule has 0 saturated heterocycles. The second kappa shape index (κ2) is 5.75. The van der Waals surface area contributed by atoms with Gasteiger partial charge in [-0.3, -0.25) is 0 Å². The second-order valence-electron chi connectivity index (χ2n) is 5.57. The van der Waals surface area contributed by atoms with E-state index in [2.05, 4.69) is 39.4 Å². The molecule has 1 heterocycles. The summed E-state index contributed by atoms with van der Waals surface area (Å²) < 4.78 is 0. The molecule has 1 aliphatic carbocycles. The van der Waals surface area contributed by atoms with Gasteiger partial charge in [0.2, 0.25) is 0 Å². The summed E-state index contributed by atoms with van der Waals surface area (Å²) >= 11 is 0. The first kappa shape index (κ1) is 13.3. The van der Waals surface area contributed by atoms with Crippen LogP contribution in [0.1, 0.15) is 31.4 Å². The molecule has 1 saturated carbocycles. The van der Waals surface area contributed by atoms with Crippen molar-refractivity contribution in [3.05, 3.63) is 30.0 Å². The molecule has 0 radical (unpaired) electrons. The number of aromatic nitrogens is 2. The molecule has 0 bridgehead atoms. The van der Waals surface area contributed by atoms with E-state index in [-0.39, 0.29) is 0 Å². The summed E-state index contributed by atoms with van der Waals surface area (Å²) in [7, 11) is 0. The van der Waals surface area contributed by atoms with E-state index in [9.17, 15) is 0 Å². The summed E-state index contributed by atoms with van der Waals surface area (Å²) in [5, 5.41) is 11.3. The molecule has 4 heteroatoms. The molecule has 0 amide bonds. The quantitative estimate of drug-likeness (QED) is 0.907. The SMILES string of the molecule is Cc1nnc(N(CCCN)C2CCC2)c2ccccc12. The zero-order chi connectivity index (χ0) is 13.9. The number of nitrogens with zero attached hydrogens (tertiary/aromatic N) is 3. The number of nitrogens with two attached hydrogens (primary N) is 1. The average Bonchev–Trinajstić information content (AvgIpc) is 2.42. The number of fused-ring (bicyclic) bond motifs is 1. The lowest BCUT2D eigenvalue weighted by Crippen LogP contribution is -2.42. The Kier molecular flexibility index (Phi) is 3.83. The molecule has 0 aliphatic heterocycles. The van der Waals surface area contributed by atoms with E-state index < -0.39 is 0 Å². The van der Waals surface area contributed by atoms with Crippen LogP contribution in [-0.2, 0) is 0 Å². The monoisotopic (exact) mass is 270 g/mol. The van der Waals surface area contributed by atoms with Gasteiger partial charge in [-0.25, -0.2) is 0 Å². The lowest BCUT2D eigenvalue weighted by molar-refractivity contribution is 0.383. The van der Waals surface area contributed by atoms with Gasteiger partial charge in [0.1, 0.15) is 0 Å². The van der Waals surface area contributed by atoms with Crippen LogP contribution in [0.4, 0.5) is 5.82 Å². The Morgan fingerprint density at radius 2 is 1.95 bits per heavy atom. The maximum absolute atomic E-state index is 5.69. The first-order valence-electron chi connectivity index (χ1n) is 7.50. The molecule has 0 unspecified atom stereocenters. The first-order chi connectivity index (χ1) is 9.81. The minimum absolute atomic E-state index is 0.613. The number of benzene rings is 1. The van der Waals surface area contributed by atoms with Crippen LogP contribution in [0.3, 0.4) is 0 Å². The zero-order valence-electron chi connectivity index (χ0n) is 12.0. The number of rotatable bonds is 5. The number of hydrogen-bond acceptors (Lipinski definition) is 4. The molecule has 1 fully saturated rings. The summed E-state index contributed by atoms with van der Waals surface area (Å²) in [4.78, 5) is 2.42. The minimum Gasteiger partial charge on any atom is -0.352 e. The van der Waals surface area contributed by atoms with Crippen LogP contribution in [0.5, 0.6) is 0 Å². The summed E-state index contributed by atoms with van der Waals surface area (Å²) in [5.41, 5.74) is 6.69. The average molecular weight is 270 g/mol. The first-order valence-corrected chi connectivity index (χ1v) is 7.50. The molecule has 0 atom stereocenters. The Balaban J connectivity index is 2.03. The van der Waals surface area contributed by atoms with E-state index in [1.54, 1.807) is 0 Å². The summed E-state index contributed by atoms with van der Waals surface area (Å²) in [5.74, 6) is 1.03. The molecule has 1 aromatic carbocycles. The molecule has 0 spiro atoms. The van der Waals surface area contributed by atoms with E-state index in [1.165, 1.54) is 30.0 Å². The maximum Gasteiger partial charge on any atom is 0.159 e. The van der Waals surface area contributed by atoms with Crippen LogP contribution in [0, 0.1) is 6.92 Å².